The molecule has 21 heavy (non-hydrogen) atoms. The van der Waals surface area contributed by atoms with E-state index in [4.69, 9.17) is 0 Å². The first-order valence-corrected chi connectivity index (χ1v) is 6.90. The van der Waals surface area contributed by atoms with Crippen LogP contribution in [0, 0.1) is 12.7 Å². The smallest absolute Gasteiger partial charge is 0.238 e. The lowest BCUT2D eigenvalue weighted by Gasteiger charge is -2.14. The monoisotopic (exact) mass is 286 g/mol. The summed E-state index contributed by atoms with van der Waals surface area (Å²) in [6, 6.07) is 13.9. The number of anilines is 1. The number of hydrogen-bond acceptors (Lipinski definition) is 2. The van der Waals surface area contributed by atoms with E-state index in [0.29, 0.717) is 0 Å². The van der Waals surface area contributed by atoms with E-state index in [2.05, 4.69) is 10.6 Å². The zero-order valence-corrected chi connectivity index (χ0v) is 12.2. The van der Waals surface area contributed by atoms with Crippen LogP contribution in [0.25, 0.3) is 0 Å². The highest BCUT2D eigenvalue weighted by atomic mass is 19.1. The van der Waals surface area contributed by atoms with Crippen molar-refractivity contribution in [2.45, 2.75) is 19.9 Å². The molecule has 0 heterocycles. The van der Waals surface area contributed by atoms with Gasteiger partial charge in [-0.2, -0.15) is 0 Å². The van der Waals surface area contributed by atoms with E-state index in [-0.39, 0.29) is 24.3 Å². The van der Waals surface area contributed by atoms with Crippen LogP contribution in [-0.2, 0) is 4.79 Å². The van der Waals surface area contributed by atoms with Gasteiger partial charge in [-0.1, -0.05) is 30.3 Å². The third-order valence-corrected chi connectivity index (χ3v) is 3.34. The van der Waals surface area contributed by atoms with E-state index < -0.39 is 0 Å². The van der Waals surface area contributed by atoms with Gasteiger partial charge in [-0.15, -0.1) is 0 Å². The lowest BCUT2D eigenvalue weighted by molar-refractivity contribution is -0.115. The van der Waals surface area contributed by atoms with Gasteiger partial charge in [-0.3, -0.25) is 4.79 Å². The van der Waals surface area contributed by atoms with Crippen LogP contribution in [0.5, 0.6) is 0 Å². The molecule has 0 aliphatic heterocycles. The molecule has 2 aromatic carbocycles. The van der Waals surface area contributed by atoms with E-state index in [1.807, 2.05) is 44.2 Å². The van der Waals surface area contributed by atoms with Crippen LogP contribution in [-0.4, -0.2) is 12.5 Å². The molecule has 0 saturated heterocycles. The fourth-order valence-corrected chi connectivity index (χ4v) is 2.05. The summed E-state index contributed by atoms with van der Waals surface area (Å²) < 4.78 is 13.2. The minimum atomic E-state index is -0.273. The maximum atomic E-state index is 13.2. The van der Waals surface area contributed by atoms with Crippen molar-refractivity contribution in [3.8, 4) is 0 Å². The van der Waals surface area contributed by atoms with Crippen molar-refractivity contribution in [1.29, 1.82) is 0 Å². The summed E-state index contributed by atoms with van der Waals surface area (Å²) in [6.45, 7) is 4.01. The number of amides is 1. The quantitative estimate of drug-likeness (QED) is 0.884. The molecule has 0 aliphatic rings. The zero-order valence-electron chi connectivity index (χ0n) is 12.2. The summed E-state index contributed by atoms with van der Waals surface area (Å²) >= 11 is 0. The van der Waals surface area contributed by atoms with E-state index in [0.717, 1.165) is 16.8 Å². The van der Waals surface area contributed by atoms with Gasteiger partial charge in [0.2, 0.25) is 5.91 Å². The number of nitrogens with one attached hydrogen (secondary N) is 2. The molecule has 2 rings (SSSR count). The topological polar surface area (TPSA) is 41.1 Å². The van der Waals surface area contributed by atoms with Gasteiger partial charge >= 0.3 is 0 Å². The Kier molecular flexibility index (Phi) is 5.06. The van der Waals surface area contributed by atoms with Crippen LogP contribution in [0.4, 0.5) is 10.1 Å². The summed E-state index contributed by atoms with van der Waals surface area (Å²) in [5, 5.41) is 5.94. The summed E-state index contributed by atoms with van der Waals surface area (Å²) in [7, 11) is 0. The lowest BCUT2D eigenvalue weighted by atomic mass is 10.1. The van der Waals surface area contributed by atoms with Gasteiger partial charge in [-0.25, -0.2) is 4.39 Å². The number of halogens is 1. The molecule has 0 saturated carbocycles. The Bertz CT molecular complexity index is 628. The van der Waals surface area contributed by atoms with E-state index in [1.165, 1.54) is 12.1 Å². The average molecular weight is 286 g/mol. The molecular formula is C17H19FN2O. The third-order valence-electron chi connectivity index (χ3n) is 3.34. The van der Waals surface area contributed by atoms with Crippen LogP contribution in [0.1, 0.15) is 24.1 Å². The Labute approximate surface area is 124 Å². The van der Waals surface area contributed by atoms with E-state index in [9.17, 15) is 9.18 Å². The van der Waals surface area contributed by atoms with Gasteiger partial charge in [0.1, 0.15) is 5.82 Å². The summed E-state index contributed by atoms with van der Waals surface area (Å²) in [6.07, 6.45) is 0. The number of aryl methyl sites for hydroxylation is 1. The standard InChI is InChI=1S/C17H19FN2O/c1-12-6-3-4-9-16(12)20-17(21)11-19-13(2)14-7-5-8-15(18)10-14/h3-10,13,19H,11H2,1-2H3,(H,20,21)/t13-/m1/s1. The number of carbonyl (C=O) groups excluding carboxylic acids is 1. The van der Waals surface area contributed by atoms with Crippen molar-refractivity contribution >= 4 is 11.6 Å². The molecule has 1 amide bonds. The van der Waals surface area contributed by atoms with Crippen LogP contribution in [0.15, 0.2) is 48.5 Å². The van der Waals surface area contributed by atoms with Crippen LogP contribution in [0.3, 0.4) is 0 Å². The average Bonchev–Trinajstić information content (AvgIpc) is 2.47. The molecule has 0 spiro atoms. The molecule has 0 radical (unpaired) electrons. The zero-order chi connectivity index (χ0) is 15.2. The number of hydrogen-bond donors (Lipinski definition) is 2. The molecule has 2 N–H and O–H groups in total. The lowest BCUT2D eigenvalue weighted by Crippen LogP contribution is -2.30. The van der Waals surface area contributed by atoms with E-state index in [1.54, 1.807) is 6.07 Å². The number of para-hydroxylation sites is 1. The second kappa shape index (κ2) is 6.99. The summed E-state index contributed by atoms with van der Waals surface area (Å²) in [4.78, 5) is 11.9. The van der Waals surface area contributed by atoms with Crippen LogP contribution >= 0.6 is 0 Å². The minimum Gasteiger partial charge on any atom is -0.325 e. The molecule has 3 nitrogen and oxygen atoms in total. The number of carbonyl (C=O) groups is 1. The number of rotatable bonds is 5. The second-order valence-electron chi connectivity index (χ2n) is 5.02. The maximum absolute atomic E-state index is 13.2. The Morgan fingerprint density at radius 1 is 1.19 bits per heavy atom. The van der Waals surface area contributed by atoms with Crippen molar-refractivity contribution in [1.82, 2.24) is 5.32 Å². The first-order valence-electron chi connectivity index (χ1n) is 6.90. The highest BCUT2D eigenvalue weighted by Crippen LogP contribution is 2.14. The van der Waals surface area contributed by atoms with Crippen molar-refractivity contribution in [3.63, 3.8) is 0 Å². The van der Waals surface area contributed by atoms with Gasteiger partial charge in [0.25, 0.3) is 0 Å². The first-order chi connectivity index (χ1) is 10.1. The molecule has 4 heteroatoms. The van der Waals surface area contributed by atoms with Crippen LogP contribution < -0.4 is 10.6 Å². The maximum Gasteiger partial charge on any atom is 0.238 e. The molecule has 0 aliphatic carbocycles. The molecule has 0 bridgehead atoms. The molecule has 2 aromatic rings. The van der Waals surface area contributed by atoms with Crippen LogP contribution in [0.2, 0.25) is 0 Å². The predicted molar refractivity (Wildman–Crippen MR) is 82.6 cm³/mol. The molecule has 1 atom stereocenters. The fraction of sp³-hybridized carbons (Fsp3) is 0.235. The Hall–Kier alpha value is -2.20. The molecular weight excluding hydrogens is 267 g/mol. The van der Waals surface area contributed by atoms with Crippen molar-refractivity contribution in [2.75, 3.05) is 11.9 Å². The van der Waals surface area contributed by atoms with E-state index >= 15 is 0 Å². The fourth-order valence-electron chi connectivity index (χ4n) is 2.05. The number of benzene rings is 2. The molecule has 0 fully saturated rings. The largest absolute Gasteiger partial charge is 0.325 e. The Morgan fingerprint density at radius 2 is 1.95 bits per heavy atom. The van der Waals surface area contributed by atoms with Gasteiger partial charge in [0.05, 0.1) is 6.54 Å². The molecule has 0 aromatic heterocycles. The third kappa shape index (κ3) is 4.39. The summed E-state index contributed by atoms with van der Waals surface area (Å²) in [5.41, 5.74) is 2.64. The van der Waals surface area contributed by atoms with Crippen molar-refractivity contribution in [3.05, 3.63) is 65.5 Å². The normalized spacial score (nSPS) is 12.0. The highest BCUT2D eigenvalue weighted by molar-refractivity contribution is 5.92. The van der Waals surface area contributed by atoms with Gasteiger partial charge in [-0.05, 0) is 43.2 Å². The Morgan fingerprint density at radius 3 is 2.67 bits per heavy atom. The van der Waals surface area contributed by atoms with Gasteiger partial charge < -0.3 is 10.6 Å². The minimum absolute atomic E-state index is 0.0941. The second-order valence-corrected chi connectivity index (χ2v) is 5.02. The molecule has 110 valence electrons. The van der Waals surface area contributed by atoms with Crippen molar-refractivity contribution < 1.29 is 9.18 Å². The predicted octanol–water partition coefficient (Wildman–Crippen LogP) is 3.42. The van der Waals surface area contributed by atoms with Gasteiger partial charge in [0, 0.05) is 11.7 Å². The SMILES string of the molecule is Cc1ccccc1NC(=O)CN[C@H](C)c1cccc(F)c1. The Balaban J connectivity index is 1.88. The van der Waals surface area contributed by atoms with Gasteiger partial charge in [0.15, 0.2) is 0 Å². The molecule has 0 unspecified atom stereocenters. The highest BCUT2D eigenvalue weighted by Gasteiger charge is 2.09. The van der Waals surface area contributed by atoms with Crippen molar-refractivity contribution in [2.24, 2.45) is 0 Å². The first kappa shape index (κ1) is 15.2. The summed E-state index contributed by atoms with van der Waals surface area (Å²) in [5.74, 6) is -0.391.